The summed E-state index contributed by atoms with van der Waals surface area (Å²) in [6.07, 6.45) is 0. The zero-order valence-electron chi connectivity index (χ0n) is 14.2. The summed E-state index contributed by atoms with van der Waals surface area (Å²) in [6, 6.07) is 12.3. The second-order valence-electron chi connectivity index (χ2n) is 5.39. The summed E-state index contributed by atoms with van der Waals surface area (Å²) in [5, 5.41) is 3.22. The highest BCUT2D eigenvalue weighted by Crippen LogP contribution is 2.29. The molecule has 2 aromatic rings. The first-order chi connectivity index (χ1) is 12.0. The largest absolute Gasteiger partial charge is 0.490 e. The first-order valence-electron chi connectivity index (χ1n) is 7.91. The lowest BCUT2D eigenvalue weighted by Gasteiger charge is -2.13. The van der Waals surface area contributed by atoms with Gasteiger partial charge in [-0.05, 0) is 49.7 Å². The molecule has 0 spiro atoms. The molecule has 2 aromatic carbocycles. The minimum atomic E-state index is -0.333. The smallest absolute Gasteiger partial charge is 0.251 e. The lowest BCUT2D eigenvalue weighted by Crippen LogP contribution is -2.28. The van der Waals surface area contributed by atoms with Gasteiger partial charge >= 0.3 is 0 Å². The molecule has 2 rings (SSSR count). The Morgan fingerprint density at radius 1 is 1.04 bits per heavy atom. The van der Waals surface area contributed by atoms with E-state index >= 15 is 0 Å². The Kier molecular flexibility index (Phi) is 6.83. The summed E-state index contributed by atoms with van der Waals surface area (Å²) in [6.45, 7) is 4.06. The molecule has 1 amide bonds. The van der Waals surface area contributed by atoms with Gasteiger partial charge in [0.1, 0.15) is 12.4 Å². The summed E-state index contributed by atoms with van der Waals surface area (Å²) in [5.41, 5.74) is 1.37. The number of hydrogen-bond acceptors (Lipinski definition) is 4. The van der Waals surface area contributed by atoms with Crippen molar-refractivity contribution in [3.05, 3.63) is 58.6 Å². The predicted octanol–water partition coefficient (Wildman–Crippen LogP) is 3.64. The molecule has 0 fully saturated rings. The number of amides is 1. The second kappa shape index (κ2) is 9.08. The minimum Gasteiger partial charge on any atom is -0.490 e. The normalized spacial score (nSPS) is 10.2. The van der Waals surface area contributed by atoms with Crippen LogP contribution in [0, 0.1) is 0 Å². The van der Waals surface area contributed by atoms with Crippen LogP contribution in [0.2, 0.25) is 5.02 Å². The van der Waals surface area contributed by atoms with Crippen molar-refractivity contribution in [1.29, 1.82) is 0 Å². The number of ether oxygens (including phenoxy) is 2. The molecule has 0 atom stereocenters. The third-order valence-electron chi connectivity index (χ3n) is 3.31. The Morgan fingerprint density at radius 3 is 2.40 bits per heavy atom. The van der Waals surface area contributed by atoms with Gasteiger partial charge in [0.25, 0.3) is 5.91 Å². The van der Waals surface area contributed by atoms with Crippen LogP contribution in [0.1, 0.15) is 29.8 Å². The van der Waals surface area contributed by atoms with Gasteiger partial charge in [0.2, 0.25) is 0 Å². The maximum Gasteiger partial charge on any atom is 0.251 e. The molecule has 0 unspecified atom stereocenters. The molecule has 0 saturated heterocycles. The standard InChI is InChI=1S/C19H20ClNO4/c1-3-24-18-10-15(19(23)21-11-13(2)22)6-9-17(18)25-12-14-4-7-16(20)8-5-14/h4-10H,3,11-12H2,1-2H3,(H,21,23). The summed E-state index contributed by atoms with van der Waals surface area (Å²) in [4.78, 5) is 23.0. The molecular formula is C19H20ClNO4. The molecule has 25 heavy (non-hydrogen) atoms. The number of rotatable bonds is 8. The topological polar surface area (TPSA) is 64.6 Å². The molecule has 0 bridgehead atoms. The fourth-order valence-electron chi connectivity index (χ4n) is 2.09. The van der Waals surface area contributed by atoms with Crippen molar-refractivity contribution >= 4 is 23.3 Å². The minimum absolute atomic E-state index is 0.00236. The zero-order valence-corrected chi connectivity index (χ0v) is 14.9. The van der Waals surface area contributed by atoms with E-state index in [2.05, 4.69) is 5.32 Å². The van der Waals surface area contributed by atoms with Gasteiger partial charge in [-0.2, -0.15) is 0 Å². The van der Waals surface area contributed by atoms with Crippen LogP contribution in [-0.4, -0.2) is 24.8 Å². The van der Waals surface area contributed by atoms with E-state index in [9.17, 15) is 9.59 Å². The Morgan fingerprint density at radius 2 is 1.76 bits per heavy atom. The van der Waals surface area contributed by atoms with Crippen LogP contribution in [-0.2, 0) is 11.4 Å². The van der Waals surface area contributed by atoms with Crippen molar-refractivity contribution in [2.24, 2.45) is 0 Å². The fourth-order valence-corrected chi connectivity index (χ4v) is 2.21. The lowest BCUT2D eigenvalue weighted by molar-refractivity contribution is -0.116. The number of hydrogen-bond donors (Lipinski definition) is 1. The van der Waals surface area contributed by atoms with Crippen LogP contribution in [0.3, 0.4) is 0 Å². The van der Waals surface area contributed by atoms with E-state index in [0.29, 0.717) is 35.3 Å². The van der Waals surface area contributed by atoms with Crippen LogP contribution in [0.15, 0.2) is 42.5 Å². The van der Waals surface area contributed by atoms with Gasteiger partial charge < -0.3 is 14.8 Å². The highest BCUT2D eigenvalue weighted by Gasteiger charge is 2.12. The van der Waals surface area contributed by atoms with E-state index < -0.39 is 0 Å². The molecule has 0 heterocycles. The molecule has 0 aromatic heterocycles. The maximum atomic E-state index is 12.1. The van der Waals surface area contributed by atoms with E-state index in [-0.39, 0.29) is 18.2 Å². The van der Waals surface area contributed by atoms with Crippen LogP contribution in [0.5, 0.6) is 11.5 Å². The molecule has 0 radical (unpaired) electrons. The van der Waals surface area contributed by atoms with Gasteiger partial charge in [0, 0.05) is 10.6 Å². The first-order valence-corrected chi connectivity index (χ1v) is 8.29. The average Bonchev–Trinajstić information content (AvgIpc) is 2.60. The van der Waals surface area contributed by atoms with Crippen molar-refractivity contribution in [1.82, 2.24) is 5.32 Å². The fraction of sp³-hybridized carbons (Fsp3) is 0.263. The van der Waals surface area contributed by atoms with E-state index in [1.54, 1.807) is 30.3 Å². The Bertz CT molecular complexity index is 744. The number of Topliss-reactive ketones (excluding diaryl/α,β-unsaturated/α-hetero) is 1. The molecule has 0 saturated carbocycles. The predicted molar refractivity (Wildman–Crippen MR) is 96.4 cm³/mol. The molecule has 0 aliphatic rings. The number of carbonyl (C=O) groups excluding carboxylic acids is 2. The van der Waals surface area contributed by atoms with Crippen LogP contribution < -0.4 is 14.8 Å². The van der Waals surface area contributed by atoms with E-state index in [1.165, 1.54) is 6.92 Å². The van der Waals surface area contributed by atoms with E-state index in [4.69, 9.17) is 21.1 Å². The van der Waals surface area contributed by atoms with Crippen molar-refractivity contribution in [2.45, 2.75) is 20.5 Å². The van der Waals surface area contributed by atoms with Crippen molar-refractivity contribution in [3.8, 4) is 11.5 Å². The van der Waals surface area contributed by atoms with Crippen molar-refractivity contribution in [2.75, 3.05) is 13.2 Å². The van der Waals surface area contributed by atoms with Crippen molar-refractivity contribution in [3.63, 3.8) is 0 Å². The van der Waals surface area contributed by atoms with Crippen LogP contribution in [0.25, 0.3) is 0 Å². The van der Waals surface area contributed by atoms with Gasteiger partial charge in [-0.25, -0.2) is 0 Å². The van der Waals surface area contributed by atoms with Gasteiger partial charge in [-0.3, -0.25) is 9.59 Å². The number of nitrogens with one attached hydrogen (secondary N) is 1. The average molecular weight is 362 g/mol. The van der Waals surface area contributed by atoms with Gasteiger partial charge in [-0.1, -0.05) is 23.7 Å². The van der Waals surface area contributed by atoms with Crippen molar-refractivity contribution < 1.29 is 19.1 Å². The van der Waals surface area contributed by atoms with Crippen LogP contribution >= 0.6 is 11.6 Å². The Balaban J connectivity index is 2.10. The summed E-state index contributed by atoms with van der Waals surface area (Å²) in [5.74, 6) is 0.577. The van der Waals surface area contributed by atoms with E-state index in [0.717, 1.165) is 5.56 Å². The lowest BCUT2D eigenvalue weighted by atomic mass is 10.2. The van der Waals surface area contributed by atoms with E-state index in [1.807, 2.05) is 19.1 Å². The van der Waals surface area contributed by atoms with Crippen LogP contribution in [0.4, 0.5) is 0 Å². The molecule has 6 heteroatoms. The summed E-state index contributed by atoms with van der Waals surface area (Å²) < 4.78 is 11.4. The number of ketones is 1. The quantitative estimate of drug-likeness (QED) is 0.779. The van der Waals surface area contributed by atoms with Gasteiger partial charge in [0.15, 0.2) is 11.5 Å². The second-order valence-corrected chi connectivity index (χ2v) is 5.83. The summed E-state index contributed by atoms with van der Waals surface area (Å²) in [7, 11) is 0. The highest BCUT2D eigenvalue weighted by molar-refractivity contribution is 6.30. The van der Waals surface area contributed by atoms with Gasteiger partial charge in [-0.15, -0.1) is 0 Å². The molecule has 0 aliphatic carbocycles. The molecule has 0 aliphatic heterocycles. The summed E-state index contributed by atoms with van der Waals surface area (Å²) >= 11 is 5.87. The Labute approximate surface area is 151 Å². The molecule has 1 N–H and O–H groups in total. The number of halogens is 1. The Hall–Kier alpha value is -2.53. The molecule has 132 valence electrons. The monoisotopic (exact) mass is 361 g/mol. The van der Waals surface area contributed by atoms with Gasteiger partial charge in [0.05, 0.1) is 13.2 Å². The highest BCUT2D eigenvalue weighted by atomic mass is 35.5. The maximum absolute atomic E-state index is 12.1. The number of benzene rings is 2. The zero-order chi connectivity index (χ0) is 18.2. The number of carbonyl (C=O) groups is 2. The first kappa shape index (κ1) is 18.8. The third-order valence-corrected chi connectivity index (χ3v) is 3.56. The molecule has 5 nitrogen and oxygen atoms in total. The molecular weight excluding hydrogens is 342 g/mol. The third kappa shape index (κ3) is 5.80. The SMILES string of the molecule is CCOc1cc(C(=O)NCC(C)=O)ccc1OCc1ccc(Cl)cc1.